The SMILES string of the molecule is CCOc1c(Br)cc(/C=C2\SC(=O)N(Cc3ccc(Cl)cc3)C2=O)cc1OC. The topological polar surface area (TPSA) is 55.8 Å². The number of amides is 2. The molecule has 1 aliphatic heterocycles. The van der Waals surface area contributed by atoms with Gasteiger partial charge < -0.3 is 9.47 Å². The van der Waals surface area contributed by atoms with Gasteiger partial charge in [0, 0.05) is 5.02 Å². The van der Waals surface area contributed by atoms with E-state index in [0.29, 0.717) is 32.5 Å². The summed E-state index contributed by atoms with van der Waals surface area (Å²) in [4.78, 5) is 26.6. The Balaban J connectivity index is 1.85. The zero-order valence-electron chi connectivity index (χ0n) is 15.2. The summed E-state index contributed by atoms with van der Waals surface area (Å²) in [7, 11) is 1.55. The molecule has 146 valence electrons. The van der Waals surface area contributed by atoms with Gasteiger partial charge >= 0.3 is 0 Å². The van der Waals surface area contributed by atoms with Crippen LogP contribution in [0.3, 0.4) is 0 Å². The Morgan fingerprint density at radius 1 is 1.21 bits per heavy atom. The van der Waals surface area contributed by atoms with Crippen LogP contribution >= 0.6 is 39.3 Å². The molecule has 5 nitrogen and oxygen atoms in total. The second-order valence-corrected chi connectivity index (χ2v) is 8.15. The molecule has 2 aromatic rings. The van der Waals surface area contributed by atoms with Gasteiger partial charge in [-0.3, -0.25) is 14.5 Å². The number of hydrogen-bond donors (Lipinski definition) is 0. The highest BCUT2D eigenvalue weighted by molar-refractivity contribution is 9.10. The van der Waals surface area contributed by atoms with Gasteiger partial charge in [0.2, 0.25) is 0 Å². The van der Waals surface area contributed by atoms with E-state index in [1.807, 2.05) is 13.0 Å². The Bertz CT molecular complexity index is 946. The Labute approximate surface area is 180 Å². The number of imide groups is 1. The summed E-state index contributed by atoms with van der Waals surface area (Å²) in [5, 5.41) is 0.302. The zero-order chi connectivity index (χ0) is 20.3. The van der Waals surface area contributed by atoms with Gasteiger partial charge in [0.1, 0.15) is 0 Å². The van der Waals surface area contributed by atoms with E-state index >= 15 is 0 Å². The normalized spacial score (nSPS) is 15.4. The van der Waals surface area contributed by atoms with Crippen LogP contribution in [0.4, 0.5) is 4.79 Å². The Hall–Kier alpha value is -1.96. The van der Waals surface area contributed by atoms with Crippen molar-refractivity contribution in [2.75, 3.05) is 13.7 Å². The number of carbonyl (C=O) groups is 2. The Morgan fingerprint density at radius 3 is 2.57 bits per heavy atom. The second kappa shape index (κ2) is 9.03. The fourth-order valence-corrected chi connectivity index (χ4v) is 4.21. The summed E-state index contributed by atoms with van der Waals surface area (Å²) in [6.45, 7) is 2.59. The molecule has 1 saturated heterocycles. The van der Waals surface area contributed by atoms with Gasteiger partial charge in [0.25, 0.3) is 11.1 Å². The van der Waals surface area contributed by atoms with E-state index in [1.54, 1.807) is 43.5 Å². The monoisotopic (exact) mass is 481 g/mol. The molecule has 1 aliphatic rings. The van der Waals surface area contributed by atoms with Crippen LogP contribution in [0.5, 0.6) is 11.5 Å². The van der Waals surface area contributed by atoms with Gasteiger partial charge in [-0.1, -0.05) is 23.7 Å². The van der Waals surface area contributed by atoms with Crippen LogP contribution in [-0.4, -0.2) is 29.8 Å². The smallest absolute Gasteiger partial charge is 0.293 e. The Kier molecular flexibility index (Phi) is 6.69. The number of nitrogens with zero attached hydrogens (tertiary/aromatic N) is 1. The lowest BCUT2D eigenvalue weighted by Crippen LogP contribution is -2.27. The van der Waals surface area contributed by atoms with E-state index < -0.39 is 0 Å². The van der Waals surface area contributed by atoms with Gasteiger partial charge in [-0.2, -0.15) is 0 Å². The van der Waals surface area contributed by atoms with E-state index in [9.17, 15) is 9.59 Å². The maximum atomic E-state index is 12.7. The van der Waals surface area contributed by atoms with Crippen molar-refractivity contribution in [1.29, 1.82) is 0 Å². The molecule has 1 heterocycles. The molecule has 0 unspecified atom stereocenters. The highest BCUT2D eigenvalue weighted by Crippen LogP contribution is 2.39. The number of benzene rings is 2. The molecular weight excluding hydrogens is 466 g/mol. The largest absolute Gasteiger partial charge is 0.493 e. The molecule has 0 bridgehead atoms. The minimum Gasteiger partial charge on any atom is -0.493 e. The van der Waals surface area contributed by atoms with Crippen LogP contribution in [0.2, 0.25) is 5.02 Å². The average molecular weight is 483 g/mol. The highest BCUT2D eigenvalue weighted by atomic mass is 79.9. The van der Waals surface area contributed by atoms with Crippen LogP contribution < -0.4 is 9.47 Å². The van der Waals surface area contributed by atoms with Crippen molar-refractivity contribution in [3.8, 4) is 11.5 Å². The van der Waals surface area contributed by atoms with Crippen molar-refractivity contribution < 1.29 is 19.1 Å². The summed E-state index contributed by atoms with van der Waals surface area (Å²) in [5.74, 6) is 0.815. The number of methoxy groups -OCH3 is 1. The maximum Gasteiger partial charge on any atom is 0.293 e. The lowest BCUT2D eigenvalue weighted by molar-refractivity contribution is -0.123. The summed E-state index contributed by atoms with van der Waals surface area (Å²) >= 11 is 10.3. The summed E-state index contributed by atoms with van der Waals surface area (Å²) in [5.41, 5.74) is 1.56. The first kappa shape index (κ1) is 20.8. The van der Waals surface area contributed by atoms with Crippen molar-refractivity contribution in [3.05, 3.63) is 61.9 Å². The van der Waals surface area contributed by atoms with E-state index in [2.05, 4.69) is 15.9 Å². The predicted octanol–water partition coefficient (Wildman–Crippen LogP) is 5.75. The van der Waals surface area contributed by atoms with Crippen LogP contribution in [0, 0.1) is 0 Å². The van der Waals surface area contributed by atoms with Crippen LogP contribution in [0.1, 0.15) is 18.1 Å². The first-order chi connectivity index (χ1) is 13.4. The van der Waals surface area contributed by atoms with Crippen molar-refractivity contribution >= 4 is 56.5 Å². The second-order valence-electron chi connectivity index (χ2n) is 5.86. The molecule has 0 spiro atoms. The number of carbonyl (C=O) groups excluding carboxylic acids is 2. The lowest BCUT2D eigenvalue weighted by atomic mass is 10.1. The van der Waals surface area contributed by atoms with Crippen LogP contribution in [-0.2, 0) is 11.3 Å². The quantitative estimate of drug-likeness (QED) is 0.491. The molecule has 0 aromatic heterocycles. The molecule has 8 heteroatoms. The van der Waals surface area contributed by atoms with Crippen molar-refractivity contribution in [2.45, 2.75) is 13.5 Å². The van der Waals surface area contributed by atoms with Gasteiger partial charge in [-0.15, -0.1) is 0 Å². The molecular formula is C20H17BrClNO4S. The zero-order valence-corrected chi connectivity index (χ0v) is 18.4. The van der Waals surface area contributed by atoms with E-state index in [1.165, 1.54) is 4.90 Å². The highest BCUT2D eigenvalue weighted by Gasteiger charge is 2.35. The number of halogens is 2. The van der Waals surface area contributed by atoms with E-state index in [0.717, 1.165) is 22.9 Å². The maximum absolute atomic E-state index is 12.7. The first-order valence-electron chi connectivity index (χ1n) is 8.43. The summed E-state index contributed by atoms with van der Waals surface area (Å²) in [6.07, 6.45) is 1.68. The number of rotatable bonds is 6. The first-order valence-corrected chi connectivity index (χ1v) is 10.4. The van der Waals surface area contributed by atoms with Gasteiger partial charge in [-0.25, -0.2) is 0 Å². The average Bonchev–Trinajstić information content (AvgIpc) is 2.92. The standard InChI is InChI=1S/C20H17BrClNO4S/c1-3-27-18-15(21)8-13(9-16(18)26-2)10-17-19(24)23(20(25)28-17)11-12-4-6-14(22)7-5-12/h4-10H,3,11H2,1-2H3/b17-10-. The number of ether oxygens (including phenoxy) is 2. The minimum absolute atomic E-state index is 0.204. The molecule has 2 aromatic carbocycles. The van der Waals surface area contributed by atoms with E-state index in [4.69, 9.17) is 21.1 Å². The molecule has 0 saturated carbocycles. The molecule has 0 N–H and O–H groups in total. The van der Waals surface area contributed by atoms with Crippen molar-refractivity contribution in [2.24, 2.45) is 0 Å². The Morgan fingerprint density at radius 2 is 1.93 bits per heavy atom. The number of hydrogen-bond acceptors (Lipinski definition) is 5. The lowest BCUT2D eigenvalue weighted by Gasteiger charge is -2.13. The molecule has 1 fully saturated rings. The van der Waals surface area contributed by atoms with Crippen LogP contribution in [0.15, 0.2) is 45.8 Å². The van der Waals surface area contributed by atoms with Gasteiger partial charge in [0.05, 0.1) is 29.6 Å². The van der Waals surface area contributed by atoms with Gasteiger partial charge in [-0.05, 0) is 76.1 Å². The van der Waals surface area contributed by atoms with Crippen molar-refractivity contribution in [3.63, 3.8) is 0 Å². The number of thioether (sulfide) groups is 1. The fraction of sp³-hybridized carbons (Fsp3) is 0.200. The predicted molar refractivity (Wildman–Crippen MR) is 115 cm³/mol. The van der Waals surface area contributed by atoms with E-state index in [-0.39, 0.29) is 17.7 Å². The third kappa shape index (κ3) is 4.54. The molecule has 0 radical (unpaired) electrons. The molecule has 28 heavy (non-hydrogen) atoms. The molecule has 2 amide bonds. The molecule has 0 aliphatic carbocycles. The summed E-state index contributed by atoms with van der Waals surface area (Å²) in [6, 6.07) is 10.6. The van der Waals surface area contributed by atoms with Crippen molar-refractivity contribution in [1.82, 2.24) is 4.90 Å². The third-order valence-electron chi connectivity index (χ3n) is 3.97. The summed E-state index contributed by atoms with van der Waals surface area (Å²) < 4.78 is 11.7. The third-order valence-corrected chi connectivity index (χ3v) is 5.71. The van der Waals surface area contributed by atoms with Crippen LogP contribution in [0.25, 0.3) is 6.08 Å². The van der Waals surface area contributed by atoms with Gasteiger partial charge in [0.15, 0.2) is 11.5 Å². The molecule has 0 atom stereocenters. The molecule has 3 rings (SSSR count). The minimum atomic E-state index is -0.325. The fourth-order valence-electron chi connectivity index (χ4n) is 2.67.